The van der Waals surface area contributed by atoms with Crippen LogP contribution in [0, 0.1) is 5.82 Å². The molecule has 0 fully saturated rings. The second kappa shape index (κ2) is 14.9. The average Bonchev–Trinajstić information content (AvgIpc) is 3.08. The molecule has 2 amide bonds. The highest BCUT2D eigenvalue weighted by Crippen LogP contribution is 2.34. The van der Waals surface area contributed by atoms with Crippen LogP contribution in [-0.4, -0.2) is 57.5 Å². The van der Waals surface area contributed by atoms with Crippen LogP contribution < -0.4 is 19.1 Å². The molecule has 0 saturated heterocycles. The molecule has 0 bridgehead atoms. The molecular formula is C35H36FN3O6S. The summed E-state index contributed by atoms with van der Waals surface area (Å²) in [6.07, 6.45) is 0.906. The Morgan fingerprint density at radius 3 is 2.13 bits per heavy atom. The van der Waals surface area contributed by atoms with E-state index in [0.717, 1.165) is 27.6 Å². The van der Waals surface area contributed by atoms with Gasteiger partial charge in [-0.1, -0.05) is 67.6 Å². The summed E-state index contributed by atoms with van der Waals surface area (Å²) in [5.74, 6) is -0.850. The fourth-order valence-corrected chi connectivity index (χ4v) is 6.58. The largest absolute Gasteiger partial charge is 0.486 e. The molecule has 4 aromatic rings. The van der Waals surface area contributed by atoms with Crippen LogP contribution in [0.5, 0.6) is 11.5 Å². The summed E-state index contributed by atoms with van der Waals surface area (Å²) < 4.78 is 54.6. The van der Waals surface area contributed by atoms with Gasteiger partial charge in [-0.15, -0.1) is 0 Å². The number of carbonyl (C=O) groups is 2. The van der Waals surface area contributed by atoms with Gasteiger partial charge in [-0.25, -0.2) is 12.8 Å². The van der Waals surface area contributed by atoms with Crippen molar-refractivity contribution in [1.29, 1.82) is 0 Å². The first-order valence-electron chi connectivity index (χ1n) is 15.1. The molecule has 4 aromatic carbocycles. The van der Waals surface area contributed by atoms with Gasteiger partial charge in [-0.3, -0.25) is 13.9 Å². The van der Waals surface area contributed by atoms with Crippen molar-refractivity contribution in [2.24, 2.45) is 0 Å². The molecule has 1 aliphatic rings. The van der Waals surface area contributed by atoms with Crippen LogP contribution in [0.3, 0.4) is 0 Å². The Bertz CT molecular complexity index is 1740. The van der Waals surface area contributed by atoms with E-state index in [4.69, 9.17) is 9.47 Å². The molecule has 0 spiro atoms. The van der Waals surface area contributed by atoms with E-state index in [9.17, 15) is 22.4 Å². The lowest BCUT2D eigenvalue weighted by molar-refractivity contribution is -0.140. The number of halogens is 1. The number of fused-ring (bicyclic) bond motifs is 1. The zero-order valence-electron chi connectivity index (χ0n) is 25.5. The van der Waals surface area contributed by atoms with Crippen molar-refractivity contribution in [3.63, 3.8) is 0 Å². The molecule has 0 unspecified atom stereocenters. The Morgan fingerprint density at radius 2 is 1.48 bits per heavy atom. The van der Waals surface area contributed by atoms with E-state index in [0.29, 0.717) is 25.3 Å². The molecule has 0 saturated carbocycles. The predicted molar refractivity (Wildman–Crippen MR) is 173 cm³/mol. The van der Waals surface area contributed by atoms with E-state index in [1.807, 2.05) is 67.6 Å². The zero-order chi connectivity index (χ0) is 32.5. The molecule has 46 heavy (non-hydrogen) atoms. The van der Waals surface area contributed by atoms with E-state index >= 15 is 0 Å². The van der Waals surface area contributed by atoms with Crippen LogP contribution in [0.25, 0.3) is 0 Å². The average molecular weight is 646 g/mol. The van der Waals surface area contributed by atoms with Gasteiger partial charge >= 0.3 is 0 Å². The van der Waals surface area contributed by atoms with E-state index in [-0.39, 0.29) is 41.8 Å². The van der Waals surface area contributed by atoms with E-state index in [2.05, 4.69) is 5.32 Å². The molecule has 1 heterocycles. The number of nitrogens with zero attached hydrogens (tertiary/aromatic N) is 2. The normalized spacial score (nSPS) is 13.0. The van der Waals surface area contributed by atoms with E-state index < -0.39 is 34.3 Å². The quantitative estimate of drug-likeness (QED) is 0.221. The van der Waals surface area contributed by atoms with Gasteiger partial charge in [-0.2, -0.15) is 0 Å². The fourth-order valence-electron chi connectivity index (χ4n) is 5.15. The number of benzene rings is 4. The molecule has 1 aliphatic heterocycles. The van der Waals surface area contributed by atoms with Gasteiger partial charge in [0, 0.05) is 25.6 Å². The number of rotatable bonds is 13. The number of carbonyl (C=O) groups excluding carboxylic acids is 2. The van der Waals surface area contributed by atoms with Crippen LogP contribution in [-0.2, 0) is 32.6 Å². The summed E-state index contributed by atoms with van der Waals surface area (Å²) in [5, 5.41) is 2.92. The Balaban J connectivity index is 1.55. The van der Waals surface area contributed by atoms with Crippen LogP contribution >= 0.6 is 0 Å². The van der Waals surface area contributed by atoms with E-state index in [1.54, 1.807) is 0 Å². The molecule has 11 heteroatoms. The summed E-state index contributed by atoms with van der Waals surface area (Å²) in [5.41, 5.74) is 1.68. The number of anilines is 1. The maximum absolute atomic E-state index is 14.4. The number of hydrogen-bond donors (Lipinski definition) is 1. The summed E-state index contributed by atoms with van der Waals surface area (Å²) in [7, 11) is -4.39. The lowest BCUT2D eigenvalue weighted by atomic mass is 10.0. The molecule has 9 nitrogen and oxygen atoms in total. The first-order chi connectivity index (χ1) is 22.3. The van der Waals surface area contributed by atoms with Gasteiger partial charge in [0.25, 0.3) is 10.0 Å². The number of nitrogens with one attached hydrogen (secondary N) is 1. The van der Waals surface area contributed by atoms with Crippen molar-refractivity contribution < 1.29 is 31.9 Å². The highest BCUT2D eigenvalue weighted by atomic mass is 32.2. The Morgan fingerprint density at radius 1 is 0.848 bits per heavy atom. The van der Waals surface area contributed by atoms with E-state index in [1.165, 1.54) is 35.2 Å². The topological polar surface area (TPSA) is 105 Å². The highest BCUT2D eigenvalue weighted by molar-refractivity contribution is 7.92. The first-order valence-corrected chi connectivity index (χ1v) is 16.5. The maximum atomic E-state index is 14.4. The van der Waals surface area contributed by atoms with Crippen molar-refractivity contribution in [3.8, 4) is 11.5 Å². The molecule has 0 radical (unpaired) electrons. The van der Waals surface area contributed by atoms with Crippen LogP contribution in [0.4, 0.5) is 10.1 Å². The fraction of sp³-hybridized carbons (Fsp3) is 0.257. The molecule has 0 aromatic heterocycles. The predicted octanol–water partition coefficient (Wildman–Crippen LogP) is 4.96. The highest BCUT2D eigenvalue weighted by Gasteiger charge is 2.35. The minimum atomic E-state index is -4.39. The number of hydrogen-bond acceptors (Lipinski definition) is 6. The number of sulfonamides is 1. The third-order valence-electron chi connectivity index (χ3n) is 7.51. The smallest absolute Gasteiger partial charge is 0.264 e. The Hall–Kier alpha value is -4.90. The maximum Gasteiger partial charge on any atom is 0.264 e. The van der Waals surface area contributed by atoms with Gasteiger partial charge in [0.15, 0.2) is 11.5 Å². The summed E-state index contributed by atoms with van der Waals surface area (Å²) in [6, 6.07) is 26.7. The first kappa shape index (κ1) is 32.5. The second-order valence-electron chi connectivity index (χ2n) is 10.8. The van der Waals surface area contributed by atoms with Crippen LogP contribution in [0.1, 0.15) is 24.5 Å². The Labute approximate surface area is 268 Å². The van der Waals surface area contributed by atoms with Crippen LogP contribution in [0.15, 0.2) is 108 Å². The standard InChI is InChI=1S/C35H36FN3O6S/c1-2-19-37-35(41)31(22-26-9-5-3-6-10-26)38(24-27-11-7-4-8-12-27)34(40)25-39(29-15-13-28(36)14-16-29)46(42,43)30-17-18-32-33(23-30)45-21-20-44-32/h3-18,23,31H,2,19-22,24-25H2,1H3,(H,37,41)/t31-/m1/s1. The van der Waals surface area contributed by atoms with Crippen molar-refractivity contribution in [2.45, 2.75) is 37.2 Å². The van der Waals surface area contributed by atoms with Crippen LogP contribution in [0.2, 0.25) is 0 Å². The van der Waals surface area contributed by atoms with Crippen molar-refractivity contribution >= 4 is 27.5 Å². The molecule has 1 atom stereocenters. The molecule has 1 N–H and O–H groups in total. The lowest BCUT2D eigenvalue weighted by Gasteiger charge is -2.34. The van der Waals surface area contributed by atoms with Gasteiger partial charge in [-0.05, 0) is 53.9 Å². The zero-order valence-corrected chi connectivity index (χ0v) is 26.3. The monoisotopic (exact) mass is 645 g/mol. The summed E-state index contributed by atoms with van der Waals surface area (Å²) >= 11 is 0. The molecule has 5 rings (SSSR count). The van der Waals surface area contributed by atoms with Gasteiger partial charge < -0.3 is 19.7 Å². The van der Waals surface area contributed by atoms with Gasteiger partial charge in [0.1, 0.15) is 31.6 Å². The van der Waals surface area contributed by atoms with Crippen molar-refractivity contribution in [1.82, 2.24) is 10.2 Å². The summed E-state index contributed by atoms with van der Waals surface area (Å²) in [6.45, 7) is 2.34. The molecule has 0 aliphatic carbocycles. The second-order valence-corrected chi connectivity index (χ2v) is 12.7. The number of ether oxygens (including phenoxy) is 2. The van der Waals surface area contributed by atoms with Gasteiger partial charge in [0.05, 0.1) is 10.6 Å². The minimum Gasteiger partial charge on any atom is -0.486 e. The molecular weight excluding hydrogens is 609 g/mol. The minimum absolute atomic E-state index is 0.0536. The number of amides is 2. The van der Waals surface area contributed by atoms with Crippen molar-refractivity contribution in [2.75, 3.05) is 30.6 Å². The van der Waals surface area contributed by atoms with Gasteiger partial charge in [0.2, 0.25) is 11.8 Å². The molecule has 240 valence electrons. The lowest BCUT2D eigenvalue weighted by Crippen LogP contribution is -2.53. The van der Waals surface area contributed by atoms with Crippen molar-refractivity contribution in [3.05, 3.63) is 120 Å². The Kier molecular flexibility index (Phi) is 10.5. The summed E-state index contributed by atoms with van der Waals surface area (Å²) in [4.78, 5) is 29.4. The SMILES string of the molecule is CCCNC(=O)[C@@H](Cc1ccccc1)N(Cc1ccccc1)C(=O)CN(c1ccc(F)cc1)S(=O)(=O)c1ccc2c(c1)OCCO2. The third kappa shape index (κ3) is 7.84. The third-order valence-corrected chi connectivity index (χ3v) is 9.28.